The van der Waals surface area contributed by atoms with E-state index < -0.39 is 28.1 Å². The van der Waals surface area contributed by atoms with Crippen LogP contribution in [-0.2, 0) is 6.18 Å². The van der Waals surface area contributed by atoms with Gasteiger partial charge in [-0.05, 0) is 35.7 Å². The third kappa shape index (κ3) is 5.06. The van der Waals surface area contributed by atoms with Gasteiger partial charge in [0.1, 0.15) is 5.82 Å². The van der Waals surface area contributed by atoms with Gasteiger partial charge < -0.3 is 4.84 Å². The zero-order valence-electron chi connectivity index (χ0n) is 16.2. The van der Waals surface area contributed by atoms with Crippen molar-refractivity contribution in [2.24, 2.45) is 5.16 Å². The molecule has 0 aliphatic rings. The fraction of sp³-hybridized carbons (Fsp3) is 0.136. The topological polar surface area (TPSA) is 64.7 Å². The highest BCUT2D eigenvalue weighted by Crippen LogP contribution is 2.36. The van der Waals surface area contributed by atoms with Gasteiger partial charge >= 0.3 is 11.9 Å². The minimum absolute atomic E-state index is 0.363. The van der Waals surface area contributed by atoms with Crippen LogP contribution in [0.25, 0.3) is 11.1 Å². The molecule has 0 amide bonds. The highest BCUT2D eigenvalue weighted by Gasteiger charge is 2.33. The number of rotatable bonds is 6. The Morgan fingerprint density at radius 3 is 2.32 bits per heavy atom. The van der Waals surface area contributed by atoms with Gasteiger partial charge in [0.15, 0.2) is 0 Å². The lowest BCUT2D eigenvalue weighted by Gasteiger charge is -2.09. The average molecular weight is 432 g/mol. The van der Waals surface area contributed by atoms with Crippen LogP contribution in [0.4, 0.5) is 23.2 Å². The summed E-state index contributed by atoms with van der Waals surface area (Å²) in [5.74, 6) is -0.774. The van der Waals surface area contributed by atoms with Crippen LogP contribution in [0.5, 0.6) is 5.75 Å². The minimum atomic E-state index is -4.72. The second-order valence-electron chi connectivity index (χ2n) is 6.48. The molecule has 0 saturated heterocycles. The summed E-state index contributed by atoms with van der Waals surface area (Å²) in [6, 6.07) is 15.0. The standard InChI is InChI=1S/C22H16F4N2O3/c1-2-19(15-9-7-14(8-10-15)17-5-3-4-6-18(17)23)27-31-21-12-11-16(22(24,25)26)13-20(21)28(29)30/h3-13H,2H2,1H3/b27-19-. The lowest BCUT2D eigenvalue weighted by Crippen LogP contribution is -2.07. The maximum absolute atomic E-state index is 13.9. The van der Waals surface area contributed by atoms with Crippen molar-refractivity contribution in [1.29, 1.82) is 0 Å². The van der Waals surface area contributed by atoms with Gasteiger partial charge in [-0.1, -0.05) is 54.5 Å². The molecule has 0 fully saturated rings. The van der Waals surface area contributed by atoms with Crippen LogP contribution in [0.3, 0.4) is 0 Å². The van der Waals surface area contributed by atoms with Crippen molar-refractivity contribution < 1.29 is 27.3 Å². The molecule has 0 spiro atoms. The Balaban J connectivity index is 1.87. The zero-order valence-corrected chi connectivity index (χ0v) is 16.2. The van der Waals surface area contributed by atoms with Gasteiger partial charge in [-0.2, -0.15) is 13.2 Å². The second kappa shape index (κ2) is 8.95. The van der Waals surface area contributed by atoms with E-state index >= 15 is 0 Å². The molecule has 3 rings (SSSR count). The first-order chi connectivity index (χ1) is 14.7. The van der Waals surface area contributed by atoms with E-state index in [9.17, 15) is 27.7 Å². The van der Waals surface area contributed by atoms with Crippen LogP contribution < -0.4 is 4.84 Å². The number of nitro benzene ring substituents is 1. The normalized spacial score (nSPS) is 12.0. The molecule has 0 heterocycles. The van der Waals surface area contributed by atoms with Gasteiger partial charge in [0.2, 0.25) is 5.75 Å². The van der Waals surface area contributed by atoms with E-state index in [-0.39, 0.29) is 5.82 Å². The number of oxime groups is 1. The van der Waals surface area contributed by atoms with Gasteiger partial charge in [0.05, 0.1) is 16.2 Å². The molecular formula is C22H16F4N2O3. The molecule has 31 heavy (non-hydrogen) atoms. The Hall–Kier alpha value is -3.75. The average Bonchev–Trinajstić information content (AvgIpc) is 2.74. The zero-order chi connectivity index (χ0) is 22.6. The molecular weight excluding hydrogens is 416 g/mol. The molecule has 0 unspecified atom stereocenters. The number of nitro groups is 1. The van der Waals surface area contributed by atoms with Gasteiger partial charge in [-0.3, -0.25) is 10.1 Å². The van der Waals surface area contributed by atoms with E-state index in [0.717, 1.165) is 6.07 Å². The van der Waals surface area contributed by atoms with E-state index in [0.29, 0.717) is 41.0 Å². The summed E-state index contributed by atoms with van der Waals surface area (Å²) in [6.45, 7) is 1.77. The summed E-state index contributed by atoms with van der Waals surface area (Å²) in [4.78, 5) is 15.3. The molecule has 160 valence electrons. The Kier molecular flexibility index (Phi) is 6.33. The van der Waals surface area contributed by atoms with E-state index in [1.807, 2.05) is 0 Å². The van der Waals surface area contributed by atoms with Gasteiger partial charge in [0, 0.05) is 11.6 Å². The van der Waals surface area contributed by atoms with Crippen LogP contribution in [0.15, 0.2) is 71.9 Å². The maximum atomic E-state index is 13.9. The van der Waals surface area contributed by atoms with Gasteiger partial charge in [0.25, 0.3) is 0 Å². The summed E-state index contributed by atoms with van der Waals surface area (Å²) in [6.07, 6.45) is -4.34. The lowest BCUT2D eigenvalue weighted by atomic mass is 10.0. The quantitative estimate of drug-likeness (QED) is 0.190. The number of hydrogen-bond acceptors (Lipinski definition) is 4. The maximum Gasteiger partial charge on any atom is 0.416 e. The molecule has 3 aromatic carbocycles. The van der Waals surface area contributed by atoms with Crippen molar-refractivity contribution in [1.82, 2.24) is 0 Å². The van der Waals surface area contributed by atoms with Crippen molar-refractivity contribution >= 4 is 11.4 Å². The number of halogens is 4. The summed E-state index contributed by atoms with van der Waals surface area (Å²) < 4.78 is 52.4. The van der Waals surface area contributed by atoms with Crippen LogP contribution in [0.2, 0.25) is 0 Å². The van der Waals surface area contributed by atoms with Crippen molar-refractivity contribution in [3.63, 3.8) is 0 Å². The minimum Gasteiger partial charge on any atom is -0.349 e. The Bertz CT molecular complexity index is 1130. The summed E-state index contributed by atoms with van der Waals surface area (Å²) in [5, 5.41) is 15.1. The Morgan fingerprint density at radius 1 is 1.06 bits per heavy atom. The number of nitrogens with zero attached hydrogens (tertiary/aromatic N) is 2. The highest BCUT2D eigenvalue weighted by molar-refractivity contribution is 6.00. The second-order valence-corrected chi connectivity index (χ2v) is 6.48. The SMILES string of the molecule is CC/C(=N/Oc1ccc(C(F)(F)F)cc1[N+](=O)[O-])c1ccc(-c2ccccc2F)cc1. The predicted octanol–water partition coefficient (Wildman–Crippen LogP) is 6.61. The fourth-order valence-electron chi connectivity index (χ4n) is 2.88. The first-order valence-electron chi connectivity index (χ1n) is 9.15. The first-order valence-corrected chi connectivity index (χ1v) is 9.15. The van der Waals surface area contributed by atoms with Gasteiger partial charge in [-0.25, -0.2) is 4.39 Å². The lowest BCUT2D eigenvalue weighted by molar-refractivity contribution is -0.386. The number of alkyl halides is 3. The van der Waals surface area contributed by atoms with Crippen molar-refractivity contribution in [3.8, 4) is 16.9 Å². The molecule has 0 aromatic heterocycles. The monoisotopic (exact) mass is 432 g/mol. The molecule has 0 bridgehead atoms. The molecule has 5 nitrogen and oxygen atoms in total. The van der Waals surface area contributed by atoms with E-state index in [4.69, 9.17) is 4.84 Å². The predicted molar refractivity (Wildman–Crippen MR) is 107 cm³/mol. The van der Waals surface area contributed by atoms with Crippen molar-refractivity contribution in [2.75, 3.05) is 0 Å². The fourth-order valence-corrected chi connectivity index (χ4v) is 2.88. The largest absolute Gasteiger partial charge is 0.416 e. The molecule has 0 radical (unpaired) electrons. The van der Waals surface area contributed by atoms with Crippen LogP contribution >= 0.6 is 0 Å². The van der Waals surface area contributed by atoms with Gasteiger partial charge in [-0.15, -0.1) is 0 Å². The van der Waals surface area contributed by atoms with Crippen LogP contribution in [-0.4, -0.2) is 10.6 Å². The van der Waals surface area contributed by atoms with E-state index in [1.54, 1.807) is 49.4 Å². The number of benzene rings is 3. The van der Waals surface area contributed by atoms with Crippen molar-refractivity contribution in [3.05, 3.63) is 93.8 Å². The smallest absolute Gasteiger partial charge is 0.349 e. The third-order valence-electron chi connectivity index (χ3n) is 4.48. The summed E-state index contributed by atoms with van der Waals surface area (Å²) >= 11 is 0. The number of hydrogen-bond donors (Lipinski definition) is 0. The van der Waals surface area contributed by atoms with Crippen molar-refractivity contribution in [2.45, 2.75) is 19.5 Å². The summed E-state index contributed by atoms with van der Waals surface area (Å²) in [5.41, 5.74) is 0.114. The molecule has 0 saturated carbocycles. The third-order valence-corrected chi connectivity index (χ3v) is 4.48. The Morgan fingerprint density at radius 2 is 1.74 bits per heavy atom. The van der Waals surface area contributed by atoms with E-state index in [2.05, 4.69) is 5.16 Å². The highest BCUT2D eigenvalue weighted by atomic mass is 19.4. The van der Waals surface area contributed by atoms with E-state index in [1.165, 1.54) is 6.07 Å². The molecule has 0 aliphatic carbocycles. The Labute approximate surface area is 174 Å². The molecule has 9 heteroatoms. The molecule has 0 aliphatic heterocycles. The molecule has 0 atom stereocenters. The molecule has 0 N–H and O–H groups in total. The van der Waals surface area contributed by atoms with Crippen LogP contribution in [0, 0.1) is 15.9 Å². The first kappa shape index (κ1) is 21.9. The molecule has 3 aromatic rings. The van der Waals surface area contributed by atoms with Crippen LogP contribution in [0.1, 0.15) is 24.5 Å². The summed E-state index contributed by atoms with van der Waals surface area (Å²) in [7, 11) is 0.